The van der Waals surface area contributed by atoms with Gasteiger partial charge in [-0.2, -0.15) is 0 Å². The Kier molecular flexibility index (Phi) is 9.06. The third kappa shape index (κ3) is 6.93. The molecule has 2 amide bonds. The standard InChI is InChI=1S/C16H30N2O3/c1-2-3-4-5-6-10-18(11-7-12-19)16(21)14-8-9-15(20)17-13-14/h14,19H,2-13H2,1H3,(H,17,20). The zero-order valence-corrected chi connectivity index (χ0v) is 13.3. The van der Waals surface area contributed by atoms with Gasteiger partial charge in [0.2, 0.25) is 11.8 Å². The highest BCUT2D eigenvalue weighted by Gasteiger charge is 2.27. The normalized spacial score (nSPS) is 18.4. The highest BCUT2D eigenvalue weighted by atomic mass is 16.3. The average Bonchev–Trinajstić information content (AvgIpc) is 2.50. The van der Waals surface area contributed by atoms with Gasteiger partial charge in [0.25, 0.3) is 0 Å². The average molecular weight is 298 g/mol. The van der Waals surface area contributed by atoms with Crippen LogP contribution in [0.5, 0.6) is 0 Å². The number of nitrogens with one attached hydrogen (secondary N) is 1. The number of carbonyl (C=O) groups excluding carboxylic acids is 2. The minimum absolute atomic E-state index is 0.0422. The van der Waals surface area contributed by atoms with Crippen molar-refractivity contribution in [2.45, 2.75) is 58.3 Å². The van der Waals surface area contributed by atoms with Gasteiger partial charge in [0.1, 0.15) is 0 Å². The zero-order valence-electron chi connectivity index (χ0n) is 13.3. The van der Waals surface area contributed by atoms with Crippen molar-refractivity contribution < 1.29 is 14.7 Å². The van der Waals surface area contributed by atoms with Gasteiger partial charge in [0.15, 0.2) is 0 Å². The molecule has 1 aliphatic rings. The topological polar surface area (TPSA) is 69.6 Å². The van der Waals surface area contributed by atoms with Gasteiger partial charge in [-0.1, -0.05) is 32.6 Å². The van der Waals surface area contributed by atoms with Crippen LogP contribution in [0.15, 0.2) is 0 Å². The van der Waals surface area contributed by atoms with Gasteiger partial charge in [0, 0.05) is 32.7 Å². The largest absolute Gasteiger partial charge is 0.396 e. The Hall–Kier alpha value is -1.10. The van der Waals surface area contributed by atoms with E-state index in [1.54, 1.807) is 0 Å². The molecule has 0 radical (unpaired) electrons. The predicted molar refractivity (Wildman–Crippen MR) is 82.8 cm³/mol. The number of amides is 2. The summed E-state index contributed by atoms with van der Waals surface area (Å²) in [4.78, 5) is 25.6. The molecule has 1 aliphatic heterocycles. The monoisotopic (exact) mass is 298 g/mol. The highest BCUT2D eigenvalue weighted by molar-refractivity contribution is 5.83. The molecule has 1 fully saturated rings. The summed E-state index contributed by atoms with van der Waals surface area (Å²) in [5, 5.41) is 11.8. The van der Waals surface area contributed by atoms with Crippen molar-refractivity contribution in [3.63, 3.8) is 0 Å². The molecule has 1 heterocycles. The highest BCUT2D eigenvalue weighted by Crippen LogP contribution is 2.15. The maximum absolute atomic E-state index is 12.5. The number of aliphatic hydroxyl groups excluding tert-OH is 1. The van der Waals surface area contributed by atoms with E-state index in [-0.39, 0.29) is 24.3 Å². The van der Waals surface area contributed by atoms with Crippen LogP contribution in [0.2, 0.25) is 0 Å². The first kappa shape index (κ1) is 18.0. The van der Waals surface area contributed by atoms with Gasteiger partial charge in [0.05, 0.1) is 5.92 Å². The Morgan fingerprint density at radius 1 is 1.24 bits per heavy atom. The molecule has 0 bridgehead atoms. The summed E-state index contributed by atoms with van der Waals surface area (Å²) in [6.07, 6.45) is 7.58. The van der Waals surface area contributed by atoms with Crippen LogP contribution in [0.4, 0.5) is 0 Å². The molecule has 1 saturated heterocycles. The van der Waals surface area contributed by atoms with Crippen molar-refractivity contribution in [2.75, 3.05) is 26.2 Å². The fraction of sp³-hybridized carbons (Fsp3) is 0.875. The summed E-state index contributed by atoms with van der Waals surface area (Å²) in [7, 11) is 0. The molecule has 2 N–H and O–H groups in total. The maximum atomic E-state index is 12.5. The van der Waals surface area contributed by atoms with Crippen molar-refractivity contribution in [3.05, 3.63) is 0 Å². The second kappa shape index (κ2) is 10.6. The van der Waals surface area contributed by atoms with Crippen molar-refractivity contribution in [2.24, 2.45) is 5.92 Å². The molecule has 5 nitrogen and oxygen atoms in total. The SMILES string of the molecule is CCCCCCCN(CCCO)C(=O)C1CCC(=O)NC1. The number of aliphatic hydroxyl groups is 1. The number of hydrogen-bond acceptors (Lipinski definition) is 3. The van der Waals surface area contributed by atoms with Gasteiger partial charge in [-0.25, -0.2) is 0 Å². The van der Waals surface area contributed by atoms with Gasteiger partial charge in [-0.15, -0.1) is 0 Å². The number of hydrogen-bond donors (Lipinski definition) is 2. The van der Waals surface area contributed by atoms with Crippen LogP contribution in [-0.2, 0) is 9.59 Å². The van der Waals surface area contributed by atoms with Crippen LogP contribution in [-0.4, -0.2) is 48.1 Å². The fourth-order valence-corrected chi connectivity index (χ4v) is 2.70. The Morgan fingerprint density at radius 2 is 1.95 bits per heavy atom. The Morgan fingerprint density at radius 3 is 2.57 bits per heavy atom. The summed E-state index contributed by atoms with van der Waals surface area (Å²) in [5.74, 6) is 0.0940. The van der Waals surface area contributed by atoms with Gasteiger partial charge >= 0.3 is 0 Å². The summed E-state index contributed by atoms with van der Waals surface area (Å²) < 4.78 is 0. The molecule has 0 aromatic rings. The Labute approximate surface area is 128 Å². The first-order valence-corrected chi connectivity index (χ1v) is 8.35. The summed E-state index contributed by atoms with van der Waals surface area (Å²) in [6, 6.07) is 0. The molecule has 5 heteroatoms. The number of carbonyl (C=O) groups is 2. The van der Waals surface area contributed by atoms with E-state index in [2.05, 4.69) is 12.2 Å². The summed E-state index contributed by atoms with van der Waals surface area (Å²) >= 11 is 0. The third-order valence-corrected chi connectivity index (χ3v) is 4.04. The molecule has 0 aliphatic carbocycles. The van der Waals surface area contributed by atoms with E-state index in [1.165, 1.54) is 19.3 Å². The lowest BCUT2D eigenvalue weighted by molar-refractivity contribution is -0.137. The molecule has 122 valence electrons. The molecule has 0 spiro atoms. The third-order valence-electron chi connectivity index (χ3n) is 4.04. The van der Waals surface area contributed by atoms with E-state index in [1.807, 2.05) is 4.90 Å². The predicted octanol–water partition coefficient (Wildman–Crippen LogP) is 1.69. The molecule has 1 rings (SSSR count). The van der Waals surface area contributed by atoms with Crippen LogP contribution in [0, 0.1) is 5.92 Å². The number of nitrogens with zero attached hydrogens (tertiary/aromatic N) is 1. The van der Waals surface area contributed by atoms with E-state index >= 15 is 0 Å². The van der Waals surface area contributed by atoms with Crippen LogP contribution in [0.1, 0.15) is 58.3 Å². The van der Waals surface area contributed by atoms with Crippen molar-refractivity contribution >= 4 is 11.8 Å². The molecular weight excluding hydrogens is 268 g/mol. The van der Waals surface area contributed by atoms with Crippen molar-refractivity contribution in [1.82, 2.24) is 10.2 Å². The van der Waals surface area contributed by atoms with E-state index in [4.69, 9.17) is 5.11 Å². The molecule has 21 heavy (non-hydrogen) atoms. The number of rotatable bonds is 10. The molecule has 0 aromatic carbocycles. The molecule has 0 saturated carbocycles. The lowest BCUT2D eigenvalue weighted by Crippen LogP contribution is -2.45. The van der Waals surface area contributed by atoms with E-state index in [0.717, 1.165) is 19.4 Å². The number of unbranched alkanes of at least 4 members (excludes halogenated alkanes) is 4. The Bertz CT molecular complexity index is 311. The maximum Gasteiger partial charge on any atom is 0.227 e. The fourth-order valence-electron chi connectivity index (χ4n) is 2.70. The van der Waals surface area contributed by atoms with Crippen LogP contribution in [0.25, 0.3) is 0 Å². The quantitative estimate of drug-likeness (QED) is 0.603. The lowest BCUT2D eigenvalue weighted by atomic mass is 9.97. The minimum Gasteiger partial charge on any atom is -0.396 e. The summed E-state index contributed by atoms with van der Waals surface area (Å²) in [5.41, 5.74) is 0. The molecule has 0 aromatic heterocycles. The number of piperidine rings is 1. The van der Waals surface area contributed by atoms with Crippen molar-refractivity contribution in [3.8, 4) is 0 Å². The van der Waals surface area contributed by atoms with E-state index in [0.29, 0.717) is 32.4 Å². The smallest absolute Gasteiger partial charge is 0.227 e. The Balaban J connectivity index is 2.39. The second-order valence-corrected chi connectivity index (χ2v) is 5.86. The van der Waals surface area contributed by atoms with Crippen LogP contribution in [0.3, 0.4) is 0 Å². The first-order valence-electron chi connectivity index (χ1n) is 8.35. The van der Waals surface area contributed by atoms with Gasteiger partial charge < -0.3 is 15.3 Å². The summed E-state index contributed by atoms with van der Waals surface area (Å²) in [6.45, 7) is 4.15. The zero-order chi connectivity index (χ0) is 15.5. The first-order chi connectivity index (χ1) is 10.2. The van der Waals surface area contributed by atoms with E-state index in [9.17, 15) is 9.59 Å². The molecule has 1 atom stereocenters. The van der Waals surface area contributed by atoms with Gasteiger partial charge in [-0.3, -0.25) is 9.59 Å². The molecular formula is C16H30N2O3. The van der Waals surface area contributed by atoms with Crippen molar-refractivity contribution in [1.29, 1.82) is 0 Å². The second-order valence-electron chi connectivity index (χ2n) is 5.86. The van der Waals surface area contributed by atoms with E-state index < -0.39 is 0 Å². The van der Waals surface area contributed by atoms with Crippen LogP contribution >= 0.6 is 0 Å². The molecule has 1 unspecified atom stereocenters. The van der Waals surface area contributed by atoms with Crippen LogP contribution < -0.4 is 5.32 Å². The minimum atomic E-state index is -0.0861. The van der Waals surface area contributed by atoms with Gasteiger partial charge in [-0.05, 0) is 19.3 Å². The lowest BCUT2D eigenvalue weighted by Gasteiger charge is -2.29.